The van der Waals surface area contributed by atoms with Crippen LogP contribution in [0.25, 0.3) is 0 Å². The normalized spacial score (nSPS) is 23.3. The molecule has 0 aliphatic carbocycles. The van der Waals surface area contributed by atoms with Crippen LogP contribution in [-0.2, 0) is 9.09 Å². The summed E-state index contributed by atoms with van der Waals surface area (Å²) in [5.41, 5.74) is -0.544. The summed E-state index contributed by atoms with van der Waals surface area (Å²) < 4.78 is 16.2. The Balaban J connectivity index is 4.01. The summed E-state index contributed by atoms with van der Waals surface area (Å²) in [6.07, 6.45) is 0. The minimum atomic E-state index is -2.69. The third-order valence-electron chi connectivity index (χ3n) is 1.00. The maximum absolute atomic E-state index is 11.3. The lowest BCUT2D eigenvalue weighted by Crippen LogP contribution is -2.02. The van der Waals surface area contributed by atoms with Crippen molar-refractivity contribution in [1.29, 1.82) is 0 Å². The van der Waals surface area contributed by atoms with E-state index in [0.29, 0.717) is 0 Å². The van der Waals surface area contributed by atoms with Gasteiger partial charge in [-0.1, -0.05) is 11.6 Å². The second kappa shape index (κ2) is 3.96. The van der Waals surface area contributed by atoms with Gasteiger partial charge in [0, 0.05) is 6.66 Å². The molecule has 3 atom stereocenters. The van der Waals surface area contributed by atoms with Crippen LogP contribution in [-0.4, -0.2) is 17.3 Å². The van der Waals surface area contributed by atoms with Gasteiger partial charge in [0.1, 0.15) is 10.7 Å². The van der Waals surface area contributed by atoms with E-state index in [4.69, 9.17) is 27.7 Å². The van der Waals surface area contributed by atoms with E-state index in [1.807, 2.05) is 0 Å². The zero-order chi connectivity index (χ0) is 8.36. The SMILES string of the molecule is CC(Cl)OP(C)(=O)C(C)Cl. The van der Waals surface area contributed by atoms with Crippen LogP contribution in [0, 0.1) is 0 Å². The van der Waals surface area contributed by atoms with Crippen molar-refractivity contribution >= 4 is 30.6 Å². The van der Waals surface area contributed by atoms with Gasteiger partial charge < -0.3 is 4.52 Å². The number of halogens is 2. The minimum absolute atomic E-state index is 0.478. The van der Waals surface area contributed by atoms with E-state index < -0.39 is 18.1 Å². The molecule has 0 N–H and O–H groups in total. The van der Waals surface area contributed by atoms with Crippen LogP contribution in [0.4, 0.5) is 0 Å². The van der Waals surface area contributed by atoms with Crippen LogP contribution in [0.1, 0.15) is 13.8 Å². The molecule has 3 unspecified atom stereocenters. The number of hydrogen-bond donors (Lipinski definition) is 0. The second-order valence-corrected chi connectivity index (χ2v) is 6.51. The van der Waals surface area contributed by atoms with Crippen molar-refractivity contribution in [3.63, 3.8) is 0 Å². The van der Waals surface area contributed by atoms with Crippen LogP contribution in [0.2, 0.25) is 0 Å². The van der Waals surface area contributed by atoms with Gasteiger partial charge in [-0.25, -0.2) is 0 Å². The van der Waals surface area contributed by atoms with Crippen molar-refractivity contribution in [2.45, 2.75) is 24.5 Å². The summed E-state index contributed by atoms with van der Waals surface area (Å²) >= 11 is 11.0. The first kappa shape index (κ1) is 10.8. The van der Waals surface area contributed by atoms with Gasteiger partial charge in [0.15, 0.2) is 0 Å². The predicted molar refractivity (Wildman–Crippen MR) is 45.2 cm³/mol. The van der Waals surface area contributed by atoms with Gasteiger partial charge >= 0.3 is 0 Å². The predicted octanol–water partition coefficient (Wildman–Crippen LogP) is 3.08. The first-order valence-corrected chi connectivity index (χ1v) is 5.91. The molecule has 0 aromatic carbocycles. The van der Waals surface area contributed by atoms with Crippen molar-refractivity contribution in [2.24, 2.45) is 0 Å². The zero-order valence-electron chi connectivity index (χ0n) is 6.17. The van der Waals surface area contributed by atoms with Crippen LogP contribution < -0.4 is 0 Å². The molecule has 5 heteroatoms. The molecule has 0 heterocycles. The lowest BCUT2D eigenvalue weighted by molar-refractivity contribution is 0.301. The van der Waals surface area contributed by atoms with Crippen LogP contribution >= 0.6 is 30.6 Å². The highest BCUT2D eigenvalue weighted by molar-refractivity contribution is 7.60. The van der Waals surface area contributed by atoms with E-state index in [9.17, 15) is 4.57 Å². The Hall–Kier alpha value is 0.770. The molecule has 2 nitrogen and oxygen atoms in total. The van der Waals surface area contributed by atoms with Gasteiger partial charge in [-0.3, -0.25) is 4.57 Å². The maximum Gasteiger partial charge on any atom is 0.218 e. The van der Waals surface area contributed by atoms with Crippen molar-refractivity contribution in [3.8, 4) is 0 Å². The molecule has 0 aliphatic rings. The average molecular weight is 205 g/mol. The fourth-order valence-corrected chi connectivity index (χ4v) is 1.73. The molecule has 10 heavy (non-hydrogen) atoms. The Morgan fingerprint density at radius 1 is 1.40 bits per heavy atom. The van der Waals surface area contributed by atoms with Gasteiger partial charge in [0.2, 0.25) is 7.37 Å². The summed E-state index contributed by atoms with van der Waals surface area (Å²) in [4.78, 5) is 0. The topological polar surface area (TPSA) is 26.3 Å². The third-order valence-corrected chi connectivity index (χ3v) is 4.31. The average Bonchev–Trinajstić information content (AvgIpc) is 1.60. The van der Waals surface area contributed by atoms with Gasteiger partial charge in [-0.05, 0) is 13.8 Å². The third kappa shape index (κ3) is 3.82. The molecule has 0 aliphatic heterocycles. The Labute approximate surface area is 71.3 Å². The molecule has 0 fully saturated rings. The van der Waals surface area contributed by atoms with Gasteiger partial charge in [-0.2, -0.15) is 0 Å². The highest BCUT2D eigenvalue weighted by Gasteiger charge is 2.24. The van der Waals surface area contributed by atoms with Crippen LogP contribution in [0.3, 0.4) is 0 Å². The molecule has 0 bridgehead atoms. The summed E-state index contributed by atoms with van der Waals surface area (Å²) in [6.45, 7) is 4.71. The second-order valence-electron chi connectivity index (χ2n) is 2.13. The Kier molecular flexibility index (Phi) is 4.27. The number of hydrogen-bond acceptors (Lipinski definition) is 2. The van der Waals surface area contributed by atoms with E-state index in [2.05, 4.69) is 0 Å². The first-order valence-electron chi connectivity index (χ1n) is 2.90. The monoisotopic (exact) mass is 204 g/mol. The lowest BCUT2D eigenvalue weighted by atomic mass is 10.9. The molecule has 0 rings (SSSR count). The van der Waals surface area contributed by atoms with Gasteiger partial charge in [-0.15, -0.1) is 11.6 Å². The first-order chi connectivity index (χ1) is 4.36. The van der Waals surface area contributed by atoms with E-state index in [-0.39, 0.29) is 0 Å². The Morgan fingerprint density at radius 3 is 1.90 bits per heavy atom. The van der Waals surface area contributed by atoms with E-state index in [1.165, 1.54) is 6.66 Å². The minimum Gasteiger partial charge on any atom is -0.308 e. The molecule has 0 amide bonds. The number of rotatable bonds is 3. The fraction of sp³-hybridized carbons (Fsp3) is 1.00. The lowest BCUT2D eigenvalue weighted by Gasteiger charge is -2.16. The van der Waals surface area contributed by atoms with Crippen molar-refractivity contribution in [2.75, 3.05) is 6.66 Å². The molecule has 0 aromatic heterocycles. The largest absolute Gasteiger partial charge is 0.308 e. The fourth-order valence-electron chi connectivity index (χ4n) is 0.372. The Morgan fingerprint density at radius 2 is 1.80 bits per heavy atom. The summed E-state index contributed by atoms with van der Waals surface area (Å²) in [5, 5.41) is -0.478. The van der Waals surface area contributed by atoms with E-state index >= 15 is 0 Å². The standard InChI is InChI=1S/C5H11Cl2O2P/c1-4(6)9-10(3,8)5(2)7/h4-5H,1-3H3. The molecular formula is C5H11Cl2O2P. The maximum atomic E-state index is 11.3. The molecule has 62 valence electrons. The molecule has 0 saturated carbocycles. The molecule has 0 spiro atoms. The quantitative estimate of drug-likeness (QED) is 0.522. The molecule has 0 aromatic rings. The van der Waals surface area contributed by atoms with E-state index in [0.717, 1.165) is 0 Å². The van der Waals surface area contributed by atoms with Gasteiger partial charge in [0.25, 0.3) is 0 Å². The summed E-state index contributed by atoms with van der Waals surface area (Å²) in [6, 6.07) is 0. The van der Waals surface area contributed by atoms with Crippen molar-refractivity contribution < 1.29 is 9.09 Å². The highest BCUT2D eigenvalue weighted by Crippen LogP contribution is 2.51. The van der Waals surface area contributed by atoms with E-state index in [1.54, 1.807) is 13.8 Å². The summed E-state index contributed by atoms with van der Waals surface area (Å²) in [5.74, 6) is 0. The number of alkyl halides is 2. The van der Waals surface area contributed by atoms with Crippen LogP contribution in [0.15, 0.2) is 0 Å². The smallest absolute Gasteiger partial charge is 0.218 e. The summed E-state index contributed by atoms with van der Waals surface area (Å²) in [7, 11) is -2.69. The molecular weight excluding hydrogens is 194 g/mol. The van der Waals surface area contributed by atoms with Crippen molar-refractivity contribution in [3.05, 3.63) is 0 Å². The zero-order valence-corrected chi connectivity index (χ0v) is 8.58. The van der Waals surface area contributed by atoms with Crippen molar-refractivity contribution in [1.82, 2.24) is 0 Å². The molecule has 0 saturated heterocycles. The van der Waals surface area contributed by atoms with Crippen LogP contribution in [0.5, 0.6) is 0 Å². The molecule has 0 radical (unpaired) electrons. The Bertz CT molecular complexity index is 147. The highest BCUT2D eigenvalue weighted by atomic mass is 35.5. The van der Waals surface area contributed by atoms with Gasteiger partial charge in [0.05, 0.1) is 0 Å².